The summed E-state index contributed by atoms with van der Waals surface area (Å²) >= 11 is 0. The molecule has 112 valence electrons. The lowest BCUT2D eigenvalue weighted by Gasteiger charge is -2.41. The summed E-state index contributed by atoms with van der Waals surface area (Å²) in [6, 6.07) is 5.27. The molecule has 0 saturated carbocycles. The first-order chi connectivity index (χ1) is 9.36. The largest absolute Gasteiger partial charge is 0.508 e. The number of rotatable bonds is 3. The number of piperidine rings is 1. The van der Waals surface area contributed by atoms with E-state index in [1.165, 1.54) is 6.07 Å². The van der Waals surface area contributed by atoms with Crippen molar-refractivity contribution in [2.75, 3.05) is 13.1 Å². The molecule has 2 rings (SSSR count). The Morgan fingerprint density at radius 3 is 2.40 bits per heavy atom. The van der Waals surface area contributed by atoms with Crippen LogP contribution in [0, 0.1) is 0 Å². The van der Waals surface area contributed by atoms with Crippen molar-refractivity contribution < 1.29 is 10.2 Å². The third-order valence-electron chi connectivity index (χ3n) is 4.09. The Hall–Kier alpha value is -1.26. The van der Waals surface area contributed by atoms with E-state index < -0.39 is 0 Å². The summed E-state index contributed by atoms with van der Waals surface area (Å²) in [6.07, 6.45) is 2.27. The van der Waals surface area contributed by atoms with Crippen molar-refractivity contribution in [3.8, 4) is 11.5 Å². The van der Waals surface area contributed by atoms with Gasteiger partial charge in [0.2, 0.25) is 0 Å². The first kappa shape index (κ1) is 15.1. The minimum absolute atomic E-state index is 0.102. The SMILES string of the molecule is CC(C)(C)N1CCC(NCc2ccc(O)cc2O)CC1. The summed E-state index contributed by atoms with van der Waals surface area (Å²) in [5.41, 5.74) is 1.08. The van der Waals surface area contributed by atoms with Crippen molar-refractivity contribution in [1.29, 1.82) is 0 Å². The Kier molecular flexibility index (Phi) is 4.55. The zero-order valence-electron chi connectivity index (χ0n) is 12.7. The predicted octanol–water partition coefficient (Wildman–Crippen LogP) is 2.45. The number of hydrogen-bond donors (Lipinski definition) is 3. The second-order valence-electron chi connectivity index (χ2n) is 6.63. The summed E-state index contributed by atoms with van der Waals surface area (Å²) < 4.78 is 0. The molecule has 1 aromatic carbocycles. The average molecular weight is 278 g/mol. The number of nitrogens with zero attached hydrogens (tertiary/aromatic N) is 1. The fourth-order valence-electron chi connectivity index (χ4n) is 2.71. The Morgan fingerprint density at radius 2 is 1.85 bits per heavy atom. The molecule has 4 nitrogen and oxygen atoms in total. The fourth-order valence-corrected chi connectivity index (χ4v) is 2.71. The molecule has 0 radical (unpaired) electrons. The van der Waals surface area contributed by atoms with E-state index in [0.717, 1.165) is 31.5 Å². The van der Waals surface area contributed by atoms with Crippen molar-refractivity contribution in [2.45, 2.75) is 51.7 Å². The van der Waals surface area contributed by atoms with Gasteiger partial charge in [-0.3, -0.25) is 4.90 Å². The lowest BCUT2D eigenvalue weighted by atomic mass is 9.98. The van der Waals surface area contributed by atoms with Crippen molar-refractivity contribution >= 4 is 0 Å². The van der Waals surface area contributed by atoms with Crippen molar-refractivity contribution in [2.24, 2.45) is 0 Å². The highest BCUT2D eigenvalue weighted by Crippen LogP contribution is 2.24. The van der Waals surface area contributed by atoms with Gasteiger partial charge in [-0.05, 0) is 39.7 Å². The second kappa shape index (κ2) is 6.02. The van der Waals surface area contributed by atoms with Gasteiger partial charge in [0, 0.05) is 42.8 Å². The maximum Gasteiger partial charge on any atom is 0.123 e. The van der Waals surface area contributed by atoms with Crippen molar-refractivity contribution in [3.05, 3.63) is 23.8 Å². The summed E-state index contributed by atoms with van der Waals surface area (Å²) in [5.74, 6) is 0.259. The van der Waals surface area contributed by atoms with Crippen LogP contribution < -0.4 is 5.32 Å². The molecule has 1 fully saturated rings. The van der Waals surface area contributed by atoms with Crippen LogP contribution in [0.25, 0.3) is 0 Å². The molecule has 0 atom stereocenters. The number of phenolic OH excluding ortho intramolecular Hbond substituents is 2. The number of aromatic hydroxyl groups is 2. The first-order valence-electron chi connectivity index (χ1n) is 7.35. The molecule has 0 amide bonds. The highest BCUT2D eigenvalue weighted by Gasteiger charge is 2.26. The van der Waals surface area contributed by atoms with Crippen LogP contribution in [0.15, 0.2) is 18.2 Å². The molecule has 1 aromatic rings. The number of likely N-dealkylation sites (tertiary alicyclic amines) is 1. The van der Waals surface area contributed by atoms with Gasteiger partial charge in [-0.15, -0.1) is 0 Å². The minimum Gasteiger partial charge on any atom is -0.508 e. The van der Waals surface area contributed by atoms with Crippen LogP contribution in [-0.2, 0) is 6.54 Å². The Morgan fingerprint density at radius 1 is 1.20 bits per heavy atom. The molecule has 20 heavy (non-hydrogen) atoms. The normalized spacial score (nSPS) is 18.4. The second-order valence-corrected chi connectivity index (χ2v) is 6.63. The third-order valence-corrected chi connectivity index (χ3v) is 4.09. The van der Waals surface area contributed by atoms with Gasteiger partial charge in [-0.25, -0.2) is 0 Å². The fraction of sp³-hybridized carbons (Fsp3) is 0.625. The van der Waals surface area contributed by atoms with Crippen LogP contribution in [0.5, 0.6) is 11.5 Å². The van der Waals surface area contributed by atoms with E-state index in [1.807, 2.05) is 0 Å². The predicted molar refractivity (Wildman–Crippen MR) is 81.0 cm³/mol. The van der Waals surface area contributed by atoms with Gasteiger partial charge in [0.1, 0.15) is 11.5 Å². The number of nitrogens with one attached hydrogen (secondary N) is 1. The molecular weight excluding hydrogens is 252 g/mol. The summed E-state index contributed by atoms with van der Waals surface area (Å²) in [4.78, 5) is 2.52. The lowest BCUT2D eigenvalue weighted by molar-refractivity contribution is 0.0960. The number of phenols is 2. The topological polar surface area (TPSA) is 55.7 Å². The van der Waals surface area contributed by atoms with E-state index in [4.69, 9.17) is 0 Å². The van der Waals surface area contributed by atoms with Crippen molar-refractivity contribution in [1.82, 2.24) is 10.2 Å². The monoisotopic (exact) mass is 278 g/mol. The molecular formula is C16H26N2O2. The number of benzene rings is 1. The average Bonchev–Trinajstić information content (AvgIpc) is 2.37. The van der Waals surface area contributed by atoms with Crippen LogP contribution in [0.1, 0.15) is 39.2 Å². The molecule has 0 aliphatic carbocycles. The van der Waals surface area contributed by atoms with E-state index in [0.29, 0.717) is 12.6 Å². The standard InChI is InChI=1S/C16H26N2O2/c1-16(2,3)18-8-6-13(7-9-18)17-11-12-4-5-14(19)10-15(12)20/h4-5,10,13,17,19-20H,6-9,11H2,1-3H3. The number of hydrogen-bond acceptors (Lipinski definition) is 4. The van der Waals surface area contributed by atoms with Gasteiger partial charge in [0.25, 0.3) is 0 Å². The van der Waals surface area contributed by atoms with E-state index in [-0.39, 0.29) is 17.0 Å². The molecule has 3 N–H and O–H groups in total. The molecule has 1 heterocycles. The Labute approximate surface area is 121 Å². The molecule has 1 aliphatic heterocycles. The quantitative estimate of drug-likeness (QED) is 0.795. The lowest BCUT2D eigenvalue weighted by Crippen LogP contribution is -2.49. The van der Waals surface area contributed by atoms with Crippen LogP contribution in [-0.4, -0.2) is 39.8 Å². The molecule has 1 aliphatic rings. The Balaban J connectivity index is 1.82. The maximum absolute atomic E-state index is 9.76. The van der Waals surface area contributed by atoms with Gasteiger partial charge >= 0.3 is 0 Å². The summed E-state index contributed by atoms with van der Waals surface area (Å²) in [7, 11) is 0. The molecule has 0 spiro atoms. The maximum atomic E-state index is 9.76. The van der Waals surface area contributed by atoms with E-state index in [2.05, 4.69) is 31.0 Å². The van der Waals surface area contributed by atoms with Crippen LogP contribution in [0.3, 0.4) is 0 Å². The first-order valence-corrected chi connectivity index (χ1v) is 7.35. The highest BCUT2D eigenvalue weighted by atomic mass is 16.3. The van der Waals surface area contributed by atoms with Gasteiger partial charge in [-0.1, -0.05) is 6.07 Å². The zero-order valence-corrected chi connectivity index (χ0v) is 12.7. The van der Waals surface area contributed by atoms with Gasteiger partial charge in [0.05, 0.1) is 0 Å². The molecule has 4 heteroatoms. The smallest absolute Gasteiger partial charge is 0.123 e. The minimum atomic E-state index is 0.102. The van der Waals surface area contributed by atoms with Crippen LogP contribution in [0.4, 0.5) is 0 Å². The van der Waals surface area contributed by atoms with Crippen molar-refractivity contribution in [3.63, 3.8) is 0 Å². The van der Waals surface area contributed by atoms with Crippen LogP contribution >= 0.6 is 0 Å². The van der Waals surface area contributed by atoms with E-state index in [1.54, 1.807) is 12.1 Å². The molecule has 0 bridgehead atoms. The third kappa shape index (κ3) is 3.87. The van der Waals surface area contributed by atoms with Gasteiger partial charge < -0.3 is 15.5 Å². The highest BCUT2D eigenvalue weighted by molar-refractivity contribution is 5.38. The summed E-state index contributed by atoms with van der Waals surface area (Å²) in [6.45, 7) is 9.65. The molecule has 0 aromatic heterocycles. The van der Waals surface area contributed by atoms with E-state index >= 15 is 0 Å². The summed E-state index contributed by atoms with van der Waals surface area (Å²) in [5, 5.41) is 22.5. The molecule has 0 unspecified atom stereocenters. The zero-order chi connectivity index (χ0) is 14.8. The van der Waals surface area contributed by atoms with Crippen LogP contribution in [0.2, 0.25) is 0 Å². The van der Waals surface area contributed by atoms with Gasteiger partial charge in [-0.2, -0.15) is 0 Å². The van der Waals surface area contributed by atoms with E-state index in [9.17, 15) is 10.2 Å². The molecule has 1 saturated heterocycles. The van der Waals surface area contributed by atoms with Gasteiger partial charge in [0.15, 0.2) is 0 Å². The Bertz CT molecular complexity index is 446.